The van der Waals surface area contributed by atoms with Gasteiger partial charge >= 0.3 is 10.4 Å². The predicted octanol–water partition coefficient (Wildman–Crippen LogP) is 3.40. The fourth-order valence-electron chi connectivity index (χ4n) is 1.83. The lowest BCUT2D eigenvalue weighted by Gasteiger charge is -2.09. The Bertz CT molecular complexity index is 710. The van der Waals surface area contributed by atoms with Crippen LogP contribution in [0.3, 0.4) is 0 Å². The largest absolute Gasteiger partial charge is 0.502 e. The van der Waals surface area contributed by atoms with E-state index in [1.807, 2.05) is 60.7 Å². The van der Waals surface area contributed by atoms with E-state index in [1.54, 1.807) is 0 Å². The van der Waals surface area contributed by atoms with Crippen LogP contribution in [0.2, 0.25) is 0 Å². The lowest BCUT2D eigenvalue weighted by molar-refractivity contribution is 0.386. The van der Waals surface area contributed by atoms with Crippen LogP contribution in [0.1, 0.15) is 11.1 Å². The van der Waals surface area contributed by atoms with Gasteiger partial charge in [-0.2, -0.15) is 0 Å². The highest BCUT2D eigenvalue weighted by molar-refractivity contribution is 7.87. The fraction of sp³-hybridized carbons (Fsp3) is 0.125. The maximum absolute atomic E-state index is 11.8. The van der Waals surface area contributed by atoms with Crippen LogP contribution in [-0.4, -0.2) is 18.5 Å². The maximum atomic E-state index is 11.8. The summed E-state index contributed by atoms with van der Waals surface area (Å²) in [6.45, 7) is 0. The molecule has 7 heteroatoms. The second-order valence-corrected chi connectivity index (χ2v) is 6.70. The number of rotatable bonds is 6. The second kappa shape index (κ2) is 8.14. The van der Waals surface area contributed by atoms with Crippen LogP contribution >= 0.6 is 24.4 Å². The highest BCUT2D eigenvalue weighted by atomic mass is 32.3. The smallest absolute Gasteiger partial charge is 0.345 e. The van der Waals surface area contributed by atoms with Gasteiger partial charge in [-0.15, -0.1) is 8.42 Å². The van der Waals surface area contributed by atoms with Crippen LogP contribution in [0.4, 0.5) is 0 Å². The average Bonchev–Trinajstić information content (AvgIpc) is 2.47. The SMILES string of the molecule is O=S(=O)(OC(=S)Cc1ccccc1)OC(=S)Cc1ccccc1. The van der Waals surface area contributed by atoms with Crippen LogP contribution < -0.4 is 0 Å². The zero-order valence-electron chi connectivity index (χ0n) is 12.0. The van der Waals surface area contributed by atoms with Crippen molar-refractivity contribution < 1.29 is 16.8 Å². The van der Waals surface area contributed by atoms with Crippen LogP contribution in [0.25, 0.3) is 0 Å². The summed E-state index contributed by atoms with van der Waals surface area (Å²) in [5, 5.41) is -0.197. The highest BCUT2D eigenvalue weighted by Crippen LogP contribution is 2.09. The van der Waals surface area contributed by atoms with Gasteiger partial charge in [-0.25, -0.2) is 0 Å². The third-order valence-corrected chi connectivity index (χ3v) is 4.25. The van der Waals surface area contributed by atoms with Crippen LogP contribution in [0, 0.1) is 0 Å². The molecule has 2 rings (SSSR count). The van der Waals surface area contributed by atoms with E-state index in [0.29, 0.717) is 0 Å². The van der Waals surface area contributed by atoms with Crippen molar-refractivity contribution >= 4 is 44.9 Å². The summed E-state index contributed by atoms with van der Waals surface area (Å²) in [5.41, 5.74) is 1.69. The van der Waals surface area contributed by atoms with E-state index in [4.69, 9.17) is 32.8 Å². The summed E-state index contributed by atoms with van der Waals surface area (Å²) in [7, 11) is -4.30. The summed E-state index contributed by atoms with van der Waals surface area (Å²) in [4.78, 5) is 0. The molecule has 0 amide bonds. The summed E-state index contributed by atoms with van der Waals surface area (Å²) >= 11 is 9.88. The number of thiocarbonyl (C=S) groups is 2. The van der Waals surface area contributed by atoms with Crippen molar-refractivity contribution in [1.29, 1.82) is 0 Å². The molecule has 0 unspecified atom stereocenters. The molecular weight excluding hydrogens is 352 g/mol. The number of benzene rings is 2. The normalized spacial score (nSPS) is 10.8. The third-order valence-electron chi connectivity index (χ3n) is 2.77. The Morgan fingerprint density at radius 3 is 1.43 bits per heavy atom. The Morgan fingerprint density at radius 1 is 0.739 bits per heavy atom. The lowest BCUT2D eigenvalue weighted by atomic mass is 10.2. The van der Waals surface area contributed by atoms with Crippen molar-refractivity contribution in [3.05, 3.63) is 71.8 Å². The van der Waals surface area contributed by atoms with Gasteiger partial charge in [-0.05, 0) is 35.6 Å². The Kier molecular flexibility index (Phi) is 6.20. The molecule has 0 spiro atoms. The Morgan fingerprint density at radius 2 is 1.09 bits per heavy atom. The van der Waals surface area contributed by atoms with E-state index in [1.165, 1.54) is 0 Å². The Balaban J connectivity index is 1.88. The van der Waals surface area contributed by atoms with Gasteiger partial charge in [0.1, 0.15) is 0 Å². The molecule has 0 radical (unpaired) electrons. The highest BCUT2D eigenvalue weighted by Gasteiger charge is 2.19. The van der Waals surface area contributed by atoms with Gasteiger partial charge in [0, 0.05) is 12.8 Å². The van der Waals surface area contributed by atoms with E-state index in [0.717, 1.165) is 11.1 Å². The van der Waals surface area contributed by atoms with E-state index >= 15 is 0 Å². The molecule has 0 heterocycles. The zero-order valence-corrected chi connectivity index (χ0v) is 14.5. The van der Waals surface area contributed by atoms with E-state index < -0.39 is 10.4 Å². The van der Waals surface area contributed by atoms with Gasteiger partial charge in [0.2, 0.25) is 0 Å². The molecule has 23 heavy (non-hydrogen) atoms. The second-order valence-electron chi connectivity index (χ2n) is 4.64. The number of hydrogen-bond acceptors (Lipinski definition) is 6. The van der Waals surface area contributed by atoms with Gasteiger partial charge in [0.25, 0.3) is 0 Å². The minimum atomic E-state index is -4.30. The summed E-state index contributed by atoms with van der Waals surface area (Å²) in [6, 6.07) is 18.3. The van der Waals surface area contributed by atoms with Crippen LogP contribution in [0.5, 0.6) is 0 Å². The minimum Gasteiger partial charge on any atom is -0.345 e. The molecule has 2 aromatic carbocycles. The maximum Gasteiger partial charge on any atom is 0.502 e. The summed E-state index contributed by atoms with van der Waals surface area (Å²) in [6.07, 6.45) is 0.397. The van der Waals surface area contributed by atoms with Crippen molar-refractivity contribution in [2.45, 2.75) is 12.8 Å². The van der Waals surface area contributed by atoms with Crippen molar-refractivity contribution in [3.63, 3.8) is 0 Å². The Labute approximate surface area is 146 Å². The Hall–Kier alpha value is -1.83. The quantitative estimate of drug-likeness (QED) is 0.731. The van der Waals surface area contributed by atoms with E-state index in [-0.39, 0.29) is 22.9 Å². The standard InChI is InChI=1S/C16H14O4S3/c17-23(18,19-15(21)11-13-7-3-1-4-8-13)20-16(22)12-14-9-5-2-6-10-14/h1-10H,11-12H2. The molecule has 0 aliphatic rings. The van der Waals surface area contributed by atoms with Gasteiger partial charge < -0.3 is 8.37 Å². The molecule has 4 nitrogen and oxygen atoms in total. The molecule has 0 aliphatic carbocycles. The van der Waals surface area contributed by atoms with Crippen molar-refractivity contribution in [2.75, 3.05) is 0 Å². The van der Waals surface area contributed by atoms with E-state index in [2.05, 4.69) is 0 Å². The molecule has 120 valence electrons. The molecule has 0 aromatic heterocycles. The van der Waals surface area contributed by atoms with E-state index in [9.17, 15) is 8.42 Å². The zero-order chi connectivity index (χ0) is 16.7. The van der Waals surface area contributed by atoms with Crippen LogP contribution in [0.15, 0.2) is 60.7 Å². The first kappa shape index (κ1) is 17.5. The topological polar surface area (TPSA) is 52.6 Å². The van der Waals surface area contributed by atoms with Crippen molar-refractivity contribution in [1.82, 2.24) is 0 Å². The van der Waals surface area contributed by atoms with Gasteiger partial charge in [-0.1, -0.05) is 60.7 Å². The molecule has 0 N–H and O–H groups in total. The third kappa shape index (κ3) is 6.43. The first-order valence-electron chi connectivity index (χ1n) is 6.72. The molecule has 2 aromatic rings. The van der Waals surface area contributed by atoms with Crippen molar-refractivity contribution in [3.8, 4) is 0 Å². The van der Waals surface area contributed by atoms with Crippen molar-refractivity contribution in [2.24, 2.45) is 0 Å². The first-order chi connectivity index (χ1) is 10.9. The first-order valence-corrected chi connectivity index (χ1v) is 8.87. The molecule has 0 fully saturated rings. The monoisotopic (exact) mass is 366 g/mol. The predicted molar refractivity (Wildman–Crippen MR) is 96.6 cm³/mol. The fourth-order valence-corrected chi connectivity index (χ4v) is 3.27. The molecule has 0 bridgehead atoms. The summed E-state index contributed by atoms with van der Waals surface area (Å²) < 4.78 is 33.1. The van der Waals surface area contributed by atoms with Gasteiger partial charge in [0.05, 0.1) is 0 Å². The molecule has 0 aliphatic heterocycles. The summed E-state index contributed by atoms with van der Waals surface area (Å²) in [5.74, 6) is 0. The molecule has 0 saturated carbocycles. The molecular formula is C16H14O4S3. The number of hydrogen-bond donors (Lipinski definition) is 0. The minimum absolute atomic E-state index is 0.0984. The molecule has 0 atom stereocenters. The molecule has 0 saturated heterocycles. The lowest BCUT2D eigenvalue weighted by Crippen LogP contribution is -2.19. The van der Waals surface area contributed by atoms with Gasteiger partial charge in [-0.3, -0.25) is 0 Å². The average molecular weight is 366 g/mol. The van der Waals surface area contributed by atoms with Crippen LogP contribution in [-0.2, 0) is 31.6 Å². The van der Waals surface area contributed by atoms with Gasteiger partial charge in [0.15, 0.2) is 10.1 Å².